The Balaban J connectivity index is 2.05. The van der Waals surface area contributed by atoms with E-state index in [-0.39, 0.29) is 11.8 Å². The summed E-state index contributed by atoms with van der Waals surface area (Å²) in [6, 6.07) is -0.424. The minimum Gasteiger partial charge on any atom is -0.317 e. The summed E-state index contributed by atoms with van der Waals surface area (Å²) in [6.45, 7) is 5.67. The van der Waals surface area contributed by atoms with E-state index in [1.54, 1.807) is 28.9 Å². The Bertz CT molecular complexity index is 550. The molecule has 1 saturated heterocycles. The van der Waals surface area contributed by atoms with Gasteiger partial charge in [-0.15, -0.1) is 23.1 Å². The number of allylic oxidation sites excluding steroid dienone is 1. The number of carbonyl (C=O) groups is 2. The Labute approximate surface area is 126 Å². The molecule has 2 heterocycles. The molecule has 2 amide bonds. The summed E-state index contributed by atoms with van der Waals surface area (Å²) in [4.78, 5) is 31.1. The summed E-state index contributed by atoms with van der Waals surface area (Å²) in [5, 5.41) is 3.37. The monoisotopic (exact) mass is 311 g/mol. The molecule has 1 N–H and O–H groups in total. The van der Waals surface area contributed by atoms with Gasteiger partial charge in [0.2, 0.25) is 11.8 Å². The van der Waals surface area contributed by atoms with Crippen LogP contribution in [0.2, 0.25) is 0 Å². The number of hydrogen-bond donors (Lipinski definition) is 1. The van der Waals surface area contributed by atoms with Crippen LogP contribution in [0.25, 0.3) is 0 Å². The first-order valence-electron chi connectivity index (χ1n) is 6.24. The molecule has 0 bridgehead atoms. The SMILES string of the molecule is CC(C)=CC(=O)N1CSCC1C(=O)Nc1ncc(C)s1. The summed E-state index contributed by atoms with van der Waals surface area (Å²) in [5.74, 6) is 0.904. The van der Waals surface area contributed by atoms with E-state index < -0.39 is 6.04 Å². The minimum absolute atomic E-state index is 0.106. The van der Waals surface area contributed by atoms with Crippen LogP contribution in [0.5, 0.6) is 0 Å². The Morgan fingerprint density at radius 2 is 2.25 bits per heavy atom. The summed E-state index contributed by atoms with van der Waals surface area (Å²) in [7, 11) is 0. The van der Waals surface area contributed by atoms with Crippen molar-refractivity contribution in [3.8, 4) is 0 Å². The molecule has 5 nitrogen and oxygen atoms in total. The maximum absolute atomic E-state index is 12.3. The molecule has 0 saturated carbocycles. The van der Waals surface area contributed by atoms with Crippen LogP contribution in [0.1, 0.15) is 18.7 Å². The average Bonchev–Trinajstić information content (AvgIpc) is 2.97. The molecule has 1 fully saturated rings. The lowest BCUT2D eigenvalue weighted by Crippen LogP contribution is -2.44. The van der Waals surface area contributed by atoms with Gasteiger partial charge in [-0.3, -0.25) is 9.59 Å². The third-order valence-corrected chi connectivity index (χ3v) is 4.57. The molecular weight excluding hydrogens is 294 g/mol. The lowest BCUT2D eigenvalue weighted by Gasteiger charge is -2.21. The molecule has 1 atom stereocenters. The van der Waals surface area contributed by atoms with Gasteiger partial charge in [0, 0.05) is 22.9 Å². The van der Waals surface area contributed by atoms with Gasteiger partial charge in [-0.2, -0.15) is 0 Å². The Morgan fingerprint density at radius 3 is 2.85 bits per heavy atom. The summed E-state index contributed by atoms with van der Waals surface area (Å²) in [5.41, 5.74) is 0.932. The second-order valence-electron chi connectivity index (χ2n) is 4.81. The maximum atomic E-state index is 12.3. The van der Waals surface area contributed by atoms with Gasteiger partial charge < -0.3 is 10.2 Å². The van der Waals surface area contributed by atoms with E-state index in [1.807, 2.05) is 20.8 Å². The smallest absolute Gasteiger partial charge is 0.249 e. The van der Waals surface area contributed by atoms with Gasteiger partial charge in [0.05, 0.1) is 5.88 Å². The van der Waals surface area contributed by atoms with Crippen molar-refractivity contribution in [1.82, 2.24) is 9.88 Å². The zero-order valence-corrected chi connectivity index (χ0v) is 13.3. The first kappa shape index (κ1) is 15.1. The molecule has 1 aromatic rings. The van der Waals surface area contributed by atoms with Gasteiger partial charge >= 0.3 is 0 Å². The number of nitrogens with one attached hydrogen (secondary N) is 1. The van der Waals surface area contributed by atoms with E-state index in [0.717, 1.165) is 10.5 Å². The van der Waals surface area contributed by atoms with Gasteiger partial charge in [0.25, 0.3) is 0 Å². The van der Waals surface area contributed by atoms with Crippen molar-refractivity contribution in [2.75, 3.05) is 16.9 Å². The molecule has 1 aliphatic heterocycles. The number of thiazole rings is 1. The number of rotatable bonds is 3. The fraction of sp³-hybridized carbons (Fsp3) is 0.462. The van der Waals surface area contributed by atoms with Gasteiger partial charge in [-0.25, -0.2) is 4.98 Å². The highest BCUT2D eigenvalue weighted by Crippen LogP contribution is 2.24. The van der Waals surface area contributed by atoms with E-state index in [9.17, 15) is 9.59 Å². The van der Waals surface area contributed by atoms with Crippen LogP contribution in [-0.2, 0) is 9.59 Å². The number of hydrogen-bond acceptors (Lipinski definition) is 5. The predicted molar refractivity (Wildman–Crippen MR) is 82.9 cm³/mol. The van der Waals surface area contributed by atoms with E-state index >= 15 is 0 Å². The topological polar surface area (TPSA) is 62.3 Å². The number of amides is 2. The molecule has 0 aliphatic carbocycles. The van der Waals surface area contributed by atoms with Crippen LogP contribution in [-0.4, -0.2) is 39.4 Å². The van der Waals surface area contributed by atoms with Crippen molar-refractivity contribution in [2.45, 2.75) is 26.8 Å². The molecular formula is C13H17N3O2S2. The molecule has 1 unspecified atom stereocenters. The van der Waals surface area contributed by atoms with Crippen molar-refractivity contribution < 1.29 is 9.59 Å². The fourth-order valence-electron chi connectivity index (χ4n) is 1.81. The van der Waals surface area contributed by atoms with Crippen molar-refractivity contribution >= 4 is 40.0 Å². The Morgan fingerprint density at radius 1 is 1.50 bits per heavy atom. The van der Waals surface area contributed by atoms with Crippen molar-refractivity contribution in [3.05, 3.63) is 22.7 Å². The Hall–Kier alpha value is -1.34. The van der Waals surface area contributed by atoms with Crippen LogP contribution in [0.4, 0.5) is 5.13 Å². The van der Waals surface area contributed by atoms with Crippen LogP contribution in [0, 0.1) is 6.92 Å². The highest BCUT2D eigenvalue weighted by atomic mass is 32.2. The molecule has 2 rings (SSSR count). The zero-order chi connectivity index (χ0) is 14.7. The molecule has 20 heavy (non-hydrogen) atoms. The number of anilines is 1. The Kier molecular flexibility index (Phi) is 4.82. The third kappa shape index (κ3) is 3.61. The van der Waals surface area contributed by atoms with Gasteiger partial charge in [0.15, 0.2) is 5.13 Å². The lowest BCUT2D eigenvalue weighted by molar-refractivity contribution is -0.132. The number of thioether (sulfide) groups is 1. The lowest BCUT2D eigenvalue weighted by atomic mass is 10.2. The van der Waals surface area contributed by atoms with Crippen molar-refractivity contribution in [3.63, 3.8) is 0 Å². The second kappa shape index (κ2) is 6.41. The summed E-state index contributed by atoms with van der Waals surface area (Å²) in [6.07, 6.45) is 3.29. The molecule has 1 aromatic heterocycles. The number of nitrogens with zero attached hydrogens (tertiary/aromatic N) is 2. The number of carbonyl (C=O) groups excluding carboxylic acids is 2. The highest BCUT2D eigenvalue weighted by molar-refractivity contribution is 7.99. The van der Waals surface area contributed by atoms with Crippen LogP contribution >= 0.6 is 23.1 Å². The predicted octanol–water partition coefficient (Wildman–Crippen LogP) is 2.26. The van der Waals surface area contributed by atoms with Gasteiger partial charge in [0.1, 0.15) is 6.04 Å². The number of aromatic nitrogens is 1. The highest BCUT2D eigenvalue weighted by Gasteiger charge is 2.34. The van der Waals surface area contributed by atoms with Crippen LogP contribution in [0.3, 0.4) is 0 Å². The molecule has 1 aliphatic rings. The van der Waals surface area contributed by atoms with Crippen LogP contribution < -0.4 is 5.32 Å². The molecule has 0 aromatic carbocycles. The number of aryl methyl sites for hydroxylation is 1. The van der Waals surface area contributed by atoms with E-state index in [4.69, 9.17) is 0 Å². The first-order valence-corrected chi connectivity index (χ1v) is 8.21. The quantitative estimate of drug-likeness (QED) is 0.870. The normalized spacial score (nSPS) is 17.9. The van der Waals surface area contributed by atoms with Gasteiger partial charge in [-0.05, 0) is 20.8 Å². The fourth-order valence-corrected chi connectivity index (χ4v) is 3.64. The van der Waals surface area contributed by atoms with Gasteiger partial charge in [-0.1, -0.05) is 5.57 Å². The molecule has 108 valence electrons. The van der Waals surface area contributed by atoms with Crippen molar-refractivity contribution in [1.29, 1.82) is 0 Å². The maximum Gasteiger partial charge on any atom is 0.249 e. The van der Waals surface area contributed by atoms with E-state index in [1.165, 1.54) is 11.3 Å². The molecule has 0 spiro atoms. The molecule has 7 heteroatoms. The standard InChI is InChI=1S/C13H17N3O2S2/c1-8(2)4-11(17)16-7-19-6-10(16)12(18)15-13-14-5-9(3)20-13/h4-5,10H,6-7H2,1-3H3,(H,14,15,18). The molecule has 0 radical (unpaired) electrons. The average molecular weight is 311 g/mol. The largest absolute Gasteiger partial charge is 0.317 e. The van der Waals surface area contributed by atoms with Crippen LogP contribution in [0.15, 0.2) is 17.8 Å². The third-order valence-electron chi connectivity index (χ3n) is 2.73. The first-order chi connectivity index (χ1) is 9.47. The zero-order valence-electron chi connectivity index (χ0n) is 11.7. The minimum atomic E-state index is -0.424. The summed E-state index contributed by atoms with van der Waals surface area (Å²) < 4.78 is 0. The van der Waals surface area contributed by atoms with E-state index in [2.05, 4.69) is 10.3 Å². The van der Waals surface area contributed by atoms with E-state index in [0.29, 0.717) is 16.8 Å². The van der Waals surface area contributed by atoms with Crippen molar-refractivity contribution in [2.24, 2.45) is 0 Å². The summed E-state index contributed by atoms with van der Waals surface area (Å²) >= 11 is 3.02. The second-order valence-corrected chi connectivity index (χ2v) is 7.05.